The third-order valence-corrected chi connectivity index (χ3v) is 13.5. The van der Waals surface area contributed by atoms with Gasteiger partial charge in [-0.05, 0) is 121 Å². The smallest absolute Gasteiger partial charge is 0.294 e. The van der Waals surface area contributed by atoms with E-state index in [9.17, 15) is 9.59 Å². The van der Waals surface area contributed by atoms with E-state index >= 15 is 0 Å². The van der Waals surface area contributed by atoms with Gasteiger partial charge in [-0.25, -0.2) is 0 Å². The quantitative estimate of drug-likeness (QED) is 0.0837. The Kier molecular flexibility index (Phi) is 14.1. The fraction of sp³-hybridized carbons (Fsp3) is 0.346. The summed E-state index contributed by atoms with van der Waals surface area (Å²) in [7, 11) is 1.60. The van der Waals surface area contributed by atoms with Gasteiger partial charge in [0, 0.05) is 21.9 Å². The maximum atomic E-state index is 14.9. The molecule has 0 radical (unpaired) electrons. The molecule has 1 aromatic heterocycles. The number of hydrogen-bond donors (Lipinski definition) is 1. The number of hydrogen-bond acceptors (Lipinski definition) is 10. The molecule has 338 valence electrons. The number of methoxy groups -OCH3 is 1. The van der Waals surface area contributed by atoms with Crippen LogP contribution in [-0.4, -0.2) is 57.1 Å². The monoisotopic (exact) mass is 893 g/mol. The average Bonchev–Trinajstić information content (AvgIpc) is 3.92. The van der Waals surface area contributed by atoms with Crippen LogP contribution in [-0.2, 0) is 20.4 Å². The highest BCUT2D eigenvalue weighted by Gasteiger charge is 2.41. The van der Waals surface area contributed by atoms with E-state index in [-0.39, 0.29) is 22.0 Å². The normalized spacial score (nSPS) is 15.0. The largest absolute Gasteiger partial charge is 0.497 e. The van der Waals surface area contributed by atoms with Crippen LogP contribution in [0.4, 0.5) is 11.4 Å². The Hall–Kier alpha value is -6.47. The molecule has 0 bridgehead atoms. The van der Waals surface area contributed by atoms with Gasteiger partial charge in [-0.1, -0.05) is 120 Å². The summed E-state index contributed by atoms with van der Waals surface area (Å²) in [5.41, 5.74) is 6.66. The summed E-state index contributed by atoms with van der Waals surface area (Å²) < 4.78 is 20.6. The highest BCUT2D eigenvalue weighted by atomic mass is 32.2. The zero-order chi connectivity index (χ0) is 46.5. The van der Waals surface area contributed by atoms with Crippen molar-refractivity contribution in [2.45, 2.75) is 115 Å². The van der Waals surface area contributed by atoms with Gasteiger partial charge in [-0.2, -0.15) is 14.8 Å². The topological polar surface area (TPSA) is 133 Å². The molecule has 1 aliphatic heterocycles. The first-order valence-corrected chi connectivity index (χ1v) is 23.1. The van der Waals surface area contributed by atoms with Gasteiger partial charge in [0.25, 0.3) is 11.8 Å². The molecule has 2 amide bonds. The van der Waals surface area contributed by atoms with Gasteiger partial charge in [0.2, 0.25) is 11.3 Å². The van der Waals surface area contributed by atoms with Crippen molar-refractivity contribution in [3.05, 3.63) is 143 Å². The van der Waals surface area contributed by atoms with Crippen LogP contribution in [0.2, 0.25) is 0 Å². The van der Waals surface area contributed by atoms with E-state index in [2.05, 4.69) is 87.5 Å². The molecule has 6 aromatic rings. The van der Waals surface area contributed by atoms with Gasteiger partial charge in [-0.15, -0.1) is 5.10 Å². The molecular weight excluding hydrogens is 835 g/mol. The molecule has 0 spiro atoms. The molecule has 0 fully saturated rings. The average molecular weight is 894 g/mol. The lowest BCUT2D eigenvalue weighted by molar-refractivity contribution is -0.123. The van der Waals surface area contributed by atoms with Crippen molar-refractivity contribution in [2.75, 3.05) is 17.4 Å². The number of para-hydroxylation sites is 3. The number of amides is 2. The van der Waals surface area contributed by atoms with Crippen LogP contribution in [0.3, 0.4) is 0 Å². The van der Waals surface area contributed by atoms with E-state index in [0.717, 1.165) is 35.2 Å². The van der Waals surface area contributed by atoms with Crippen molar-refractivity contribution in [2.24, 2.45) is 5.10 Å². The number of benzene rings is 5. The molecular formula is C52H59N7O5S. The first kappa shape index (κ1) is 46.5. The number of nitrogens with one attached hydrogen (secondary N) is 1. The summed E-state index contributed by atoms with van der Waals surface area (Å²) in [6.07, 6.45) is 0.329. The molecule has 0 saturated carbocycles. The fourth-order valence-electron chi connectivity index (χ4n) is 7.54. The first-order chi connectivity index (χ1) is 31.2. The third kappa shape index (κ3) is 10.1. The second-order valence-corrected chi connectivity index (χ2v) is 18.9. The number of ether oxygens (including phenoxy) is 3. The lowest BCUT2D eigenvalue weighted by Crippen LogP contribution is -2.38. The van der Waals surface area contributed by atoms with E-state index in [1.54, 1.807) is 30.0 Å². The van der Waals surface area contributed by atoms with Crippen LogP contribution < -0.4 is 24.5 Å². The maximum Gasteiger partial charge on any atom is 0.294 e. The summed E-state index contributed by atoms with van der Waals surface area (Å²) in [5, 5.41) is 22.3. The molecule has 3 atom stereocenters. The summed E-state index contributed by atoms with van der Waals surface area (Å²) in [5.74, 6) is 1.08. The molecule has 0 aliphatic carbocycles. The van der Waals surface area contributed by atoms with Crippen LogP contribution >= 0.6 is 11.8 Å². The predicted octanol–water partition coefficient (Wildman–Crippen LogP) is 11.2. The van der Waals surface area contributed by atoms with Gasteiger partial charge < -0.3 is 19.5 Å². The summed E-state index contributed by atoms with van der Waals surface area (Å²) >= 11 is 1.48. The van der Waals surface area contributed by atoms with Crippen molar-refractivity contribution in [1.82, 2.24) is 20.2 Å². The molecule has 1 N–H and O–H groups in total. The number of rotatable bonds is 18. The highest BCUT2D eigenvalue weighted by molar-refractivity contribution is 7.99. The Morgan fingerprint density at radius 2 is 1.54 bits per heavy atom. The molecule has 2 heterocycles. The van der Waals surface area contributed by atoms with Gasteiger partial charge in [0.05, 0.1) is 24.2 Å². The SMILES string of the molecule is CCC(Oc1ccc(C(C)(C)CC)cc1C(C)(C)CC)C(=O)Nc1ccccc1N1N=C(c2ccc(OC)cc2)C(Oc2ccc(C)cc2C(C)Sc2nnnn2-c2ccccc2)C1=O. The summed E-state index contributed by atoms with van der Waals surface area (Å²) in [6.45, 7) is 19.3. The zero-order valence-electron chi connectivity index (χ0n) is 39.0. The number of nitrogens with zero attached hydrogens (tertiary/aromatic N) is 6. The number of aromatic nitrogens is 4. The van der Waals surface area contributed by atoms with Crippen LogP contribution in [0.5, 0.6) is 17.2 Å². The minimum absolute atomic E-state index is 0.0151. The van der Waals surface area contributed by atoms with E-state index in [1.807, 2.05) is 92.7 Å². The molecule has 5 aromatic carbocycles. The molecule has 12 nitrogen and oxygen atoms in total. The van der Waals surface area contributed by atoms with Crippen LogP contribution in [0.25, 0.3) is 5.69 Å². The highest BCUT2D eigenvalue weighted by Crippen LogP contribution is 2.42. The molecule has 13 heteroatoms. The van der Waals surface area contributed by atoms with Crippen molar-refractivity contribution < 1.29 is 23.8 Å². The number of aryl methyl sites for hydroxylation is 1. The molecule has 65 heavy (non-hydrogen) atoms. The lowest BCUT2D eigenvalue weighted by Gasteiger charge is -2.31. The lowest BCUT2D eigenvalue weighted by atomic mass is 9.76. The van der Waals surface area contributed by atoms with E-state index in [4.69, 9.17) is 19.3 Å². The van der Waals surface area contributed by atoms with Crippen LogP contribution in [0.1, 0.15) is 108 Å². The third-order valence-electron chi connectivity index (χ3n) is 12.4. The number of carbonyl (C=O) groups excluding carboxylic acids is 2. The molecule has 1 aliphatic rings. The van der Waals surface area contributed by atoms with Gasteiger partial charge in [-0.3, -0.25) is 9.59 Å². The van der Waals surface area contributed by atoms with Crippen molar-refractivity contribution in [1.29, 1.82) is 0 Å². The van der Waals surface area contributed by atoms with Crippen molar-refractivity contribution >= 4 is 40.7 Å². The second-order valence-electron chi connectivity index (χ2n) is 17.6. The predicted molar refractivity (Wildman–Crippen MR) is 259 cm³/mol. The Morgan fingerprint density at radius 3 is 2.23 bits per heavy atom. The van der Waals surface area contributed by atoms with Gasteiger partial charge >= 0.3 is 0 Å². The Labute approximate surface area is 386 Å². The first-order valence-electron chi connectivity index (χ1n) is 22.2. The maximum absolute atomic E-state index is 14.9. The standard InChI is InChI=1S/C52H59N7O5S/c1-11-43(63-45-30-26-36(51(6,7)12-2)32-40(45)52(8,9)13-3)48(60)53-41-21-17-18-22-42(41)59-49(61)47(46(55-59)35-24-27-38(62-10)28-25-35)64-44-29-23-33(4)31-39(44)34(5)65-50-54-56-57-58(50)37-19-15-14-16-20-37/h14-32,34,43,47H,11-13H2,1-10H3,(H,53,60). The Morgan fingerprint density at radius 1 is 0.846 bits per heavy atom. The van der Waals surface area contributed by atoms with E-state index in [0.29, 0.717) is 51.5 Å². The van der Waals surface area contributed by atoms with Crippen LogP contribution in [0.15, 0.2) is 126 Å². The molecule has 3 unspecified atom stereocenters. The summed E-state index contributed by atoms with van der Waals surface area (Å²) in [4.78, 5) is 29.1. The number of anilines is 2. The zero-order valence-corrected chi connectivity index (χ0v) is 39.8. The van der Waals surface area contributed by atoms with Crippen molar-refractivity contribution in [3.8, 4) is 22.9 Å². The Balaban J connectivity index is 1.19. The minimum Gasteiger partial charge on any atom is -0.497 e. The number of carbonyl (C=O) groups is 2. The number of hydrazone groups is 1. The van der Waals surface area contributed by atoms with E-state index in [1.165, 1.54) is 22.3 Å². The second kappa shape index (κ2) is 19.7. The molecule has 7 rings (SSSR count). The minimum atomic E-state index is -1.15. The fourth-order valence-corrected chi connectivity index (χ4v) is 8.50. The number of tetrazole rings is 1. The van der Waals surface area contributed by atoms with Gasteiger partial charge in [0.1, 0.15) is 23.0 Å². The number of thioether (sulfide) groups is 1. The van der Waals surface area contributed by atoms with E-state index < -0.39 is 18.1 Å². The Bertz CT molecular complexity index is 2660. The van der Waals surface area contributed by atoms with Crippen LogP contribution in [0, 0.1) is 6.92 Å². The van der Waals surface area contributed by atoms with Crippen molar-refractivity contribution in [3.63, 3.8) is 0 Å². The summed E-state index contributed by atoms with van der Waals surface area (Å²) in [6, 6.07) is 36.4. The molecule has 0 saturated heterocycles. The van der Waals surface area contributed by atoms with Gasteiger partial charge in [0.15, 0.2) is 6.10 Å².